The highest BCUT2D eigenvalue weighted by Crippen LogP contribution is 1.97. The highest BCUT2D eigenvalue weighted by molar-refractivity contribution is 5.57. The maximum absolute atomic E-state index is 9.76. The van der Waals surface area contributed by atoms with Gasteiger partial charge in [0.2, 0.25) is 0 Å². The van der Waals surface area contributed by atoms with Crippen molar-refractivity contribution < 1.29 is 50.4 Å². The summed E-state index contributed by atoms with van der Waals surface area (Å²) in [5.41, 5.74) is 0. The topological polar surface area (TPSA) is 196 Å². The number of aliphatic hydroxyl groups excluding tert-OH is 8. The third-order valence-corrected chi connectivity index (χ3v) is 2.14. The maximum Gasteiger partial charge on any atom is 0.151 e. The van der Waals surface area contributed by atoms with E-state index in [1.165, 1.54) is 0 Å². The molecule has 0 aromatic heterocycles. The van der Waals surface area contributed by atoms with Gasteiger partial charge in [-0.05, 0) is 0 Å². The normalized spacial score (nSPS) is 19.6. The van der Waals surface area contributed by atoms with Crippen molar-refractivity contribution >= 4 is 12.6 Å². The first-order chi connectivity index (χ1) is 9.26. The minimum Gasteiger partial charge on any atom is -0.394 e. The monoisotopic (exact) mass is 300 g/mol. The minimum absolute atomic E-state index is 0.0869. The van der Waals surface area contributed by atoms with Crippen molar-refractivity contribution in [3.8, 4) is 0 Å². The van der Waals surface area contributed by atoms with Gasteiger partial charge in [-0.25, -0.2) is 0 Å². The molecule has 0 bridgehead atoms. The Morgan fingerprint density at radius 3 is 1.05 bits per heavy atom. The van der Waals surface area contributed by atoms with Crippen LogP contribution >= 0.6 is 0 Å². The van der Waals surface area contributed by atoms with Gasteiger partial charge in [-0.3, -0.25) is 0 Å². The van der Waals surface area contributed by atoms with Crippen LogP contribution in [0.1, 0.15) is 0 Å². The minimum atomic E-state index is -1.64. The molecule has 10 nitrogen and oxygen atoms in total. The number of carbonyl (C=O) groups excluding carboxylic acids is 2. The third kappa shape index (κ3) is 8.24. The van der Waals surface area contributed by atoms with E-state index in [0.29, 0.717) is 0 Å². The molecule has 10 heteroatoms. The smallest absolute Gasteiger partial charge is 0.151 e. The van der Waals surface area contributed by atoms with E-state index in [-0.39, 0.29) is 12.6 Å². The molecular formula is C10H20O10. The van der Waals surface area contributed by atoms with Crippen molar-refractivity contribution in [3.05, 3.63) is 0 Å². The molecule has 0 rings (SSSR count). The van der Waals surface area contributed by atoms with Gasteiger partial charge < -0.3 is 50.4 Å². The number of carbonyl (C=O) groups is 2. The van der Waals surface area contributed by atoms with Crippen LogP contribution in [0.4, 0.5) is 0 Å². The highest BCUT2D eigenvalue weighted by atomic mass is 16.4. The van der Waals surface area contributed by atoms with Crippen LogP contribution in [0.25, 0.3) is 0 Å². The van der Waals surface area contributed by atoms with Crippen molar-refractivity contribution in [1.82, 2.24) is 0 Å². The van der Waals surface area contributed by atoms with E-state index in [1.807, 2.05) is 0 Å². The van der Waals surface area contributed by atoms with Gasteiger partial charge in [0, 0.05) is 0 Å². The Kier molecular flexibility index (Phi) is 12.6. The summed E-state index contributed by atoms with van der Waals surface area (Å²) in [6.07, 6.45) is -9.26. The predicted molar refractivity (Wildman–Crippen MR) is 62.3 cm³/mol. The molecule has 0 amide bonds. The lowest BCUT2D eigenvalue weighted by molar-refractivity contribution is -0.128. The van der Waals surface area contributed by atoms with Crippen molar-refractivity contribution in [3.63, 3.8) is 0 Å². The standard InChI is InChI=1S/2C5H10O5/c2*6-1-3(8)5(10)4(9)2-7/h2*1,3-5,7-10H,2H2/t3-,4+,5+;3-,4-,5+/m00/s1. The van der Waals surface area contributed by atoms with E-state index in [0.717, 1.165) is 0 Å². The first kappa shape index (κ1) is 21.3. The molecule has 0 unspecified atom stereocenters. The van der Waals surface area contributed by atoms with Crippen LogP contribution in [0.15, 0.2) is 0 Å². The Hall–Kier alpha value is -0.980. The molecule has 0 aromatic rings. The second-order valence-electron chi connectivity index (χ2n) is 3.73. The highest BCUT2D eigenvalue weighted by Gasteiger charge is 2.23. The molecule has 0 radical (unpaired) electrons. The van der Waals surface area contributed by atoms with Crippen LogP contribution in [0.3, 0.4) is 0 Å². The van der Waals surface area contributed by atoms with Crippen LogP contribution in [0, 0.1) is 0 Å². The molecule has 0 fully saturated rings. The first-order valence-electron chi connectivity index (χ1n) is 5.47. The third-order valence-electron chi connectivity index (χ3n) is 2.14. The predicted octanol–water partition coefficient (Wildman–Crippen LogP) is -5.48. The summed E-state index contributed by atoms with van der Waals surface area (Å²) >= 11 is 0. The summed E-state index contributed by atoms with van der Waals surface area (Å²) < 4.78 is 0. The van der Waals surface area contributed by atoms with Gasteiger partial charge in [0.05, 0.1) is 13.2 Å². The average Bonchev–Trinajstić information content (AvgIpc) is 2.50. The summed E-state index contributed by atoms with van der Waals surface area (Å²) in [5, 5.41) is 68.1. The maximum atomic E-state index is 9.76. The molecule has 0 aliphatic rings. The summed E-state index contributed by atoms with van der Waals surface area (Å²) in [6, 6.07) is 0. The lowest BCUT2D eigenvalue weighted by atomic mass is 10.1. The fourth-order valence-corrected chi connectivity index (χ4v) is 0.832. The quantitative estimate of drug-likeness (QED) is 0.200. The van der Waals surface area contributed by atoms with Crippen molar-refractivity contribution in [2.75, 3.05) is 13.2 Å². The molecule has 0 saturated heterocycles. The Labute approximate surface area is 114 Å². The second kappa shape index (κ2) is 11.8. The Morgan fingerprint density at radius 2 is 0.900 bits per heavy atom. The molecule has 120 valence electrons. The molecule has 0 aliphatic carbocycles. The van der Waals surface area contributed by atoms with Gasteiger partial charge in [-0.15, -0.1) is 0 Å². The van der Waals surface area contributed by atoms with Crippen molar-refractivity contribution in [1.29, 1.82) is 0 Å². The Bertz CT molecular complexity index is 234. The van der Waals surface area contributed by atoms with E-state index in [2.05, 4.69) is 0 Å². The largest absolute Gasteiger partial charge is 0.394 e. The number of hydrogen-bond donors (Lipinski definition) is 8. The van der Waals surface area contributed by atoms with Gasteiger partial charge in [0.15, 0.2) is 12.6 Å². The molecule has 0 saturated carbocycles. The molecule has 0 aliphatic heterocycles. The van der Waals surface area contributed by atoms with Gasteiger partial charge in [-0.1, -0.05) is 0 Å². The van der Waals surface area contributed by atoms with Gasteiger partial charge in [-0.2, -0.15) is 0 Å². The number of aliphatic hydroxyl groups is 8. The average molecular weight is 300 g/mol. The number of rotatable bonds is 8. The van der Waals surface area contributed by atoms with Crippen LogP contribution in [0.5, 0.6) is 0 Å². The van der Waals surface area contributed by atoms with Crippen LogP contribution < -0.4 is 0 Å². The molecule has 8 N–H and O–H groups in total. The van der Waals surface area contributed by atoms with Crippen molar-refractivity contribution in [2.45, 2.75) is 36.6 Å². The zero-order valence-electron chi connectivity index (χ0n) is 10.4. The van der Waals surface area contributed by atoms with E-state index < -0.39 is 49.8 Å². The Balaban J connectivity index is 0. The second-order valence-corrected chi connectivity index (χ2v) is 3.73. The van der Waals surface area contributed by atoms with E-state index in [1.54, 1.807) is 0 Å². The lowest BCUT2D eigenvalue weighted by Gasteiger charge is -2.16. The van der Waals surface area contributed by atoms with Crippen LogP contribution in [0.2, 0.25) is 0 Å². The summed E-state index contributed by atoms with van der Waals surface area (Å²) in [5.74, 6) is 0. The fraction of sp³-hybridized carbons (Fsp3) is 0.800. The van der Waals surface area contributed by atoms with E-state index >= 15 is 0 Å². The van der Waals surface area contributed by atoms with Crippen molar-refractivity contribution in [2.24, 2.45) is 0 Å². The SMILES string of the molecule is O=C[C@H](O)[C@@H](O)[C@@H](O)CO.O=C[C@H](O)[C@@H](O)[C@H](O)CO. The van der Waals surface area contributed by atoms with Gasteiger partial charge in [0.25, 0.3) is 0 Å². The number of aldehydes is 2. The summed E-state index contributed by atoms with van der Waals surface area (Å²) in [4.78, 5) is 19.5. The molecule has 0 heterocycles. The number of hydrogen-bond acceptors (Lipinski definition) is 10. The van der Waals surface area contributed by atoms with E-state index in [9.17, 15) is 9.59 Å². The molecule has 6 atom stereocenters. The van der Waals surface area contributed by atoms with Gasteiger partial charge in [0.1, 0.15) is 36.6 Å². The molecule has 0 aromatic carbocycles. The Morgan fingerprint density at radius 1 is 0.650 bits per heavy atom. The zero-order chi connectivity index (χ0) is 16.3. The first-order valence-corrected chi connectivity index (χ1v) is 5.47. The van der Waals surface area contributed by atoms with Crippen LogP contribution in [-0.4, -0.2) is 103 Å². The molecule has 20 heavy (non-hydrogen) atoms. The summed E-state index contributed by atoms with van der Waals surface area (Å²) in [6.45, 7) is -1.38. The zero-order valence-corrected chi connectivity index (χ0v) is 10.4. The molecule has 0 spiro atoms. The molecular weight excluding hydrogens is 280 g/mol. The lowest BCUT2D eigenvalue weighted by Crippen LogP contribution is -2.40. The van der Waals surface area contributed by atoms with Crippen LogP contribution in [-0.2, 0) is 9.59 Å². The summed E-state index contributed by atoms with van der Waals surface area (Å²) in [7, 11) is 0. The fourth-order valence-electron chi connectivity index (χ4n) is 0.832. The van der Waals surface area contributed by atoms with Gasteiger partial charge >= 0.3 is 0 Å². The van der Waals surface area contributed by atoms with E-state index in [4.69, 9.17) is 40.9 Å².